The molecule has 20 heavy (non-hydrogen) atoms. The molecule has 0 aliphatic heterocycles. The maximum atomic E-state index is 12.9. The number of nitrogens with one attached hydrogen (secondary N) is 1. The van der Waals surface area contributed by atoms with Crippen molar-refractivity contribution in [2.45, 2.75) is 18.9 Å². The van der Waals surface area contributed by atoms with Crippen LogP contribution in [-0.4, -0.2) is 17.1 Å². The van der Waals surface area contributed by atoms with E-state index < -0.39 is 5.82 Å². The molecule has 0 radical (unpaired) electrons. The Morgan fingerprint density at radius 1 is 1.15 bits per heavy atom. The van der Waals surface area contributed by atoms with Crippen molar-refractivity contribution in [2.75, 3.05) is 0 Å². The summed E-state index contributed by atoms with van der Waals surface area (Å²) in [5.74, 6) is -1.27. The number of hydrogen-bond acceptors (Lipinski definition) is 2. The van der Waals surface area contributed by atoms with E-state index in [9.17, 15) is 14.3 Å². The van der Waals surface area contributed by atoms with Crippen LogP contribution >= 0.6 is 0 Å². The van der Waals surface area contributed by atoms with E-state index in [1.165, 1.54) is 17.2 Å². The first kappa shape index (κ1) is 12.7. The Hall–Kier alpha value is -2.36. The first-order valence-corrected chi connectivity index (χ1v) is 6.49. The van der Waals surface area contributed by atoms with E-state index >= 15 is 0 Å². The monoisotopic (exact) mass is 271 g/mol. The summed E-state index contributed by atoms with van der Waals surface area (Å²) in [6.07, 6.45) is 1.56. The number of benzene rings is 2. The topological polar surface area (TPSA) is 49.3 Å². The number of carbonyl (C=O) groups excluding carboxylic acids is 1. The van der Waals surface area contributed by atoms with Gasteiger partial charge in [0.1, 0.15) is 11.6 Å². The highest BCUT2D eigenvalue weighted by Gasteiger charge is 2.23. The minimum absolute atomic E-state index is 0.0179. The highest BCUT2D eigenvalue weighted by molar-refractivity contribution is 5.97. The van der Waals surface area contributed by atoms with Crippen LogP contribution in [0.2, 0.25) is 0 Å². The zero-order chi connectivity index (χ0) is 14.1. The standard InChI is InChI=1S/C16H14FNO2/c17-12-5-6-14(15(19)9-12)16(20)18-13-7-10-3-1-2-4-11(10)8-13/h1-6,9,13,19H,7-8H2,(H,18,20). The van der Waals surface area contributed by atoms with Gasteiger partial charge in [0.05, 0.1) is 5.56 Å². The Morgan fingerprint density at radius 2 is 1.80 bits per heavy atom. The van der Waals surface area contributed by atoms with E-state index in [0.29, 0.717) is 0 Å². The van der Waals surface area contributed by atoms with Crippen molar-refractivity contribution >= 4 is 5.91 Å². The number of fused-ring (bicyclic) bond motifs is 1. The number of aromatic hydroxyl groups is 1. The Kier molecular flexibility index (Phi) is 3.14. The molecule has 1 amide bonds. The third kappa shape index (κ3) is 2.37. The number of carbonyl (C=O) groups is 1. The number of rotatable bonds is 2. The van der Waals surface area contributed by atoms with Gasteiger partial charge in [-0.1, -0.05) is 24.3 Å². The average Bonchev–Trinajstić information content (AvgIpc) is 2.80. The molecule has 3 rings (SSSR count). The summed E-state index contributed by atoms with van der Waals surface area (Å²) in [5, 5.41) is 12.5. The lowest BCUT2D eigenvalue weighted by Gasteiger charge is -2.12. The highest BCUT2D eigenvalue weighted by atomic mass is 19.1. The molecule has 0 fully saturated rings. The Bertz CT molecular complexity index is 644. The van der Waals surface area contributed by atoms with Crippen molar-refractivity contribution in [2.24, 2.45) is 0 Å². The zero-order valence-electron chi connectivity index (χ0n) is 10.8. The summed E-state index contributed by atoms with van der Waals surface area (Å²) in [7, 11) is 0. The van der Waals surface area contributed by atoms with Gasteiger partial charge in [-0.25, -0.2) is 4.39 Å². The molecule has 0 saturated carbocycles. The molecule has 1 aliphatic carbocycles. The second kappa shape index (κ2) is 4.96. The predicted octanol–water partition coefficient (Wildman–Crippen LogP) is 2.43. The lowest BCUT2D eigenvalue weighted by molar-refractivity contribution is 0.0936. The van der Waals surface area contributed by atoms with E-state index in [2.05, 4.69) is 17.4 Å². The second-order valence-corrected chi connectivity index (χ2v) is 5.01. The fourth-order valence-corrected chi connectivity index (χ4v) is 2.62. The predicted molar refractivity (Wildman–Crippen MR) is 73.2 cm³/mol. The Labute approximate surface area is 116 Å². The molecule has 3 nitrogen and oxygen atoms in total. The fourth-order valence-electron chi connectivity index (χ4n) is 2.62. The molecular weight excluding hydrogens is 257 g/mol. The van der Waals surface area contributed by atoms with Crippen LogP contribution < -0.4 is 5.32 Å². The van der Waals surface area contributed by atoms with Crippen molar-refractivity contribution in [3.8, 4) is 5.75 Å². The summed E-state index contributed by atoms with van der Waals surface area (Å²) in [5.41, 5.74) is 2.57. The number of amides is 1. The first-order valence-electron chi connectivity index (χ1n) is 6.49. The third-order valence-corrected chi connectivity index (χ3v) is 3.59. The van der Waals surface area contributed by atoms with Crippen molar-refractivity contribution in [1.82, 2.24) is 5.32 Å². The molecule has 0 unspecified atom stereocenters. The van der Waals surface area contributed by atoms with Gasteiger partial charge < -0.3 is 10.4 Å². The van der Waals surface area contributed by atoms with E-state index in [4.69, 9.17) is 0 Å². The molecule has 0 atom stereocenters. The highest BCUT2D eigenvalue weighted by Crippen LogP contribution is 2.23. The summed E-state index contributed by atoms with van der Waals surface area (Å²) >= 11 is 0. The van der Waals surface area contributed by atoms with E-state index in [0.717, 1.165) is 25.0 Å². The minimum atomic E-state index is -0.563. The molecule has 0 spiro atoms. The van der Waals surface area contributed by atoms with Gasteiger partial charge >= 0.3 is 0 Å². The molecule has 102 valence electrons. The van der Waals surface area contributed by atoms with Crippen molar-refractivity contribution in [1.29, 1.82) is 0 Å². The van der Waals surface area contributed by atoms with Crippen molar-refractivity contribution in [3.63, 3.8) is 0 Å². The lowest BCUT2D eigenvalue weighted by Crippen LogP contribution is -2.35. The largest absolute Gasteiger partial charge is 0.507 e. The third-order valence-electron chi connectivity index (χ3n) is 3.59. The van der Waals surface area contributed by atoms with Gasteiger partial charge in [0.15, 0.2) is 0 Å². The summed E-state index contributed by atoms with van der Waals surface area (Å²) < 4.78 is 12.9. The van der Waals surface area contributed by atoms with Crippen LogP contribution in [0.25, 0.3) is 0 Å². The summed E-state index contributed by atoms with van der Waals surface area (Å²) in [6, 6.07) is 11.5. The van der Waals surface area contributed by atoms with Gasteiger partial charge in [-0.3, -0.25) is 4.79 Å². The number of halogens is 1. The minimum Gasteiger partial charge on any atom is -0.507 e. The summed E-state index contributed by atoms with van der Waals surface area (Å²) in [6.45, 7) is 0. The molecule has 0 aromatic heterocycles. The van der Waals surface area contributed by atoms with Crippen LogP contribution in [0.5, 0.6) is 5.75 Å². The van der Waals surface area contributed by atoms with Crippen LogP contribution in [0.15, 0.2) is 42.5 Å². The molecule has 0 bridgehead atoms. The molecular formula is C16H14FNO2. The van der Waals surface area contributed by atoms with Crippen LogP contribution in [0.3, 0.4) is 0 Å². The number of hydrogen-bond donors (Lipinski definition) is 2. The first-order chi connectivity index (χ1) is 9.63. The summed E-state index contributed by atoms with van der Waals surface area (Å²) in [4.78, 5) is 12.1. The van der Waals surface area contributed by atoms with Gasteiger partial charge in [-0.05, 0) is 36.1 Å². The Balaban J connectivity index is 1.72. The van der Waals surface area contributed by atoms with Crippen LogP contribution in [0.1, 0.15) is 21.5 Å². The van der Waals surface area contributed by atoms with Gasteiger partial charge in [0.2, 0.25) is 0 Å². The molecule has 4 heteroatoms. The average molecular weight is 271 g/mol. The number of phenolic OH excluding ortho intramolecular Hbond substituents is 1. The van der Waals surface area contributed by atoms with Crippen LogP contribution in [0, 0.1) is 5.82 Å². The number of phenols is 1. The Morgan fingerprint density at radius 3 is 2.40 bits per heavy atom. The maximum Gasteiger partial charge on any atom is 0.255 e. The smallest absolute Gasteiger partial charge is 0.255 e. The van der Waals surface area contributed by atoms with Gasteiger partial charge in [-0.2, -0.15) is 0 Å². The second-order valence-electron chi connectivity index (χ2n) is 5.01. The van der Waals surface area contributed by atoms with E-state index in [1.807, 2.05) is 12.1 Å². The van der Waals surface area contributed by atoms with E-state index in [1.54, 1.807) is 0 Å². The molecule has 0 heterocycles. The SMILES string of the molecule is O=C(NC1Cc2ccccc2C1)c1ccc(F)cc1O. The zero-order valence-corrected chi connectivity index (χ0v) is 10.8. The van der Waals surface area contributed by atoms with Crippen LogP contribution in [0.4, 0.5) is 4.39 Å². The lowest BCUT2D eigenvalue weighted by atomic mass is 10.1. The molecule has 1 aliphatic rings. The molecule has 2 aromatic rings. The quantitative estimate of drug-likeness (QED) is 0.881. The van der Waals surface area contributed by atoms with Gasteiger partial charge in [-0.15, -0.1) is 0 Å². The van der Waals surface area contributed by atoms with Crippen molar-refractivity contribution in [3.05, 3.63) is 65.0 Å². The molecule has 2 aromatic carbocycles. The van der Waals surface area contributed by atoms with Gasteiger partial charge in [0.25, 0.3) is 5.91 Å². The molecule has 0 saturated heterocycles. The van der Waals surface area contributed by atoms with Crippen molar-refractivity contribution < 1.29 is 14.3 Å². The maximum absolute atomic E-state index is 12.9. The van der Waals surface area contributed by atoms with Crippen LogP contribution in [-0.2, 0) is 12.8 Å². The normalized spacial score (nSPS) is 14.1. The van der Waals surface area contributed by atoms with E-state index in [-0.39, 0.29) is 23.3 Å². The van der Waals surface area contributed by atoms with Gasteiger partial charge in [0, 0.05) is 12.1 Å². The fraction of sp³-hybridized carbons (Fsp3) is 0.188. The molecule has 2 N–H and O–H groups in total.